The normalized spacial score (nSPS) is 5.90. The summed E-state index contributed by atoms with van der Waals surface area (Å²) >= 11 is 0. The molecule has 10 heteroatoms. The van der Waals surface area contributed by atoms with Gasteiger partial charge < -0.3 is 30.2 Å². The zero-order chi connectivity index (χ0) is 4.50. The molecule has 0 rings (SSSR count). The van der Waals surface area contributed by atoms with E-state index in [0.717, 1.165) is 0 Å². The van der Waals surface area contributed by atoms with Crippen LogP contribution in [0.1, 0.15) is 0 Å². The van der Waals surface area contributed by atoms with Gasteiger partial charge in [0.15, 0.2) is 0 Å². The molecule has 0 heterocycles. The van der Waals surface area contributed by atoms with Crippen LogP contribution in [0.25, 0.3) is 0 Å². The van der Waals surface area contributed by atoms with Gasteiger partial charge in [-0.2, -0.15) is 7.82 Å². The van der Waals surface area contributed by atoms with Gasteiger partial charge >= 0.3 is 75.5 Å². The van der Waals surface area contributed by atoms with Gasteiger partial charge in [-0.05, 0) is 0 Å². The summed E-state index contributed by atoms with van der Waals surface area (Å²) in [6, 6.07) is 0. The Morgan fingerprint density at radius 1 is 0.900 bits per heavy atom. The Kier molecular flexibility index (Phi) is 68.5. The number of hydrogen-bond donors (Lipinski definition) is 0. The summed E-state index contributed by atoms with van der Waals surface area (Å²) in [6.07, 6.45) is 0. The number of rotatable bonds is 0. The third-order valence-electron chi connectivity index (χ3n) is 0. The fourth-order valence-electron chi connectivity index (χ4n) is 0. The molecule has 0 bridgehead atoms. The van der Waals surface area contributed by atoms with Crippen LogP contribution in [0.5, 0.6) is 0 Å². The third kappa shape index (κ3) is 130. The van der Waals surface area contributed by atoms with E-state index in [2.05, 4.69) is 0 Å². The van der Waals surface area contributed by atoms with Crippen molar-refractivity contribution in [3.05, 3.63) is 0 Å². The molecular weight excluding hydrogens is 243 g/mol. The minimum absolute atomic E-state index is 0. The molecule has 10 heavy (non-hydrogen) atoms. The maximum atomic E-state index is 8.55. The van der Waals surface area contributed by atoms with Crippen molar-refractivity contribution in [3.8, 4) is 0 Å². The summed E-state index contributed by atoms with van der Waals surface area (Å²) in [4.78, 5) is 25.6. The molecule has 0 spiro atoms. The maximum absolute atomic E-state index is 8.55. The Balaban J connectivity index is -0.00000000800. The topological polar surface area (TPSA) is 149 Å². The van der Waals surface area contributed by atoms with E-state index >= 15 is 0 Å². The largest absolute Gasteiger partial charge is 2.00 e. The van der Waals surface area contributed by atoms with Crippen LogP contribution in [0.15, 0.2) is 0 Å². The molecule has 0 aliphatic carbocycles. The van der Waals surface area contributed by atoms with E-state index in [1.165, 1.54) is 0 Å². The average molecular weight is 248 g/mol. The van der Waals surface area contributed by atoms with E-state index in [4.69, 9.17) is 19.2 Å². The molecule has 4 N–H and O–H groups in total. The summed E-state index contributed by atoms with van der Waals surface area (Å²) in [5, 5.41) is 0. The first-order valence-corrected chi connectivity index (χ1v) is 2.19. The van der Waals surface area contributed by atoms with Crippen molar-refractivity contribution in [3.63, 3.8) is 0 Å². The maximum Gasteiger partial charge on any atom is 2.00 e. The van der Waals surface area contributed by atoms with E-state index in [0.29, 0.717) is 0 Å². The summed E-state index contributed by atoms with van der Waals surface area (Å²) in [7, 11) is -5.39. The monoisotopic (exact) mass is 247 g/mol. The van der Waals surface area contributed by atoms with Gasteiger partial charge in [-0.15, -0.1) is 12.4 Å². The standard InChI is InChI=1S/2Ca.ClH.H3O4P.2H2O/c;;;1-5(2,3)4;;/h;;1H;(H3,1,2,3,4);2*1H2/q2*+2;;;;/p-3. The van der Waals surface area contributed by atoms with Crippen LogP contribution in [-0.2, 0) is 4.57 Å². The SMILES string of the molecule is Cl.O.O.O=P([O-])([O-])[O-].[Ca+2].[Ca+2]. The van der Waals surface area contributed by atoms with Crippen molar-refractivity contribution in [2.75, 3.05) is 0 Å². The Morgan fingerprint density at radius 2 is 0.900 bits per heavy atom. The molecule has 0 saturated heterocycles. The Labute approximate surface area is 124 Å². The molecule has 0 amide bonds. The third-order valence-corrected chi connectivity index (χ3v) is 0. The van der Waals surface area contributed by atoms with Crippen molar-refractivity contribution in [1.29, 1.82) is 0 Å². The van der Waals surface area contributed by atoms with Crippen LogP contribution in [-0.4, -0.2) is 86.4 Å². The molecule has 0 radical (unpaired) electrons. The van der Waals surface area contributed by atoms with Crippen molar-refractivity contribution < 1.29 is 30.2 Å². The molecule has 0 aliphatic rings. The van der Waals surface area contributed by atoms with Crippen LogP contribution < -0.4 is 14.7 Å². The molecule has 0 aromatic heterocycles. The van der Waals surface area contributed by atoms with Crippen LogP contribution >= 0.6 is 20.2 Å². The van der Waals surface area contributed by atoms with E-state index in [1.54, 1.807) is 0 Å². The van der Waals surface area contributed by atoms with Crippen LogP contribution in [0, 0.1) is 0 Å². The van der Waals surface area contributed by atoms with Gasteiger partial charge in [0.05, 0.1) is 0 Å². The molecular formula is H5Ca2ClO6P+. The van der Waals surface area contributed by atoms with E-state index in [9.17, 15) is 0 Å². The second-order valence-electron chi connectivity index (χ2n) is 0.447. The summed E-state index contributed by atoms with van der Waals surface area (Å²) in [6.45, 7) is 0. The first kappa shape index (κ1) is 38.5. The van der Waals surface area contributed by atoms with Crippen molar-refractivity contribution >= 4 is 95.7 Å². The van der Waals surface area contributed by atoms with Crippen molar-refractivity contribution in [2.24, 2.45) is 0 Å². The minimum atomic E-state index is -5.39. The number of hydrogen-bond acceptors (Lipinski definition) is 4. The fraction of sp³-hybridized carbons (Fsp3) is 0. The molecule has 0 aromatic carbocycles. The van der Waals surface area contributed by atoms with Crippen molar-refractivity contribution in [2.45, 2.75) is 0 Å². The van der Waals surface area contributed by atoms with Gasteiger partial charge in [0.2, 0.25) is 0 Å². The van der Waals surface area contributed by atoms with E-state index in [1.807, 2.05) is 0 Å². The summed E-state index contributed by atoms with van der Waals surface area (Å²) in [5.41, 5.74) is 0. The van der Waals surface area contributed by atoms with Gasteiger partial charge in [-0.1, -0.05) is 0 Å². The van der Waals surface area contributed by atoms with Crippen LogP contribution in [0.2, 0.25) is 0 Å². The average Bonchev–Trinajstić information content (AvgIpc) is 0.722. The molecule has 56 valence electrons. The van der Waals surface area contributed by atoms with Gasteiger partial charge in [-0.3, -0.25) is 0 Å². The minimum Gasteiger partial charge on any atom is -0.822 e. The second-order valence-corrected chi connectivity index (χ2v) is 1.34. The molecule has 6 nitrogen and oxygen atoms in total. The second kappa shape index (κ2) is 17.8. The molecule has 0 unspecified atom stereocenters. The number of phosphoric acid groups is 1. The van der Waals surface area contributed by atoms with Crippen molar-refractivity contribution in [1.82, 2.24) is 0 Å². The molecule has 0 aromatic rings. The zero-order valence-electron chi connectivity index (χ0n) is 4.90. The summed E-state index contributed by atoms with van der Waals surface area (Å²) in [5.74, 6) is 0. The predicted molar refractivity (Wildman–Crippen MR) is 33.6 cm³/mol. The molecule has 0 fully saturated rings. The van der Waals surface area contributed by atoms with E-state index in [-0.39, 0.29) is 98.8 Å². The first-order valence-electron chi connectivity index (χ1n) is 0.730. The van der Waals surface area contributed by atoms with Crippen LogP contribution in [0.3, 0.4) is 0 Å². The smallest absolute Gasteiger partial charge is 0.822 e. The Hall–Kier alpha value is 2.84. The summed E-state index contributed by atoms with van der Waals surface area (Å²) < 4.78 is 8.55. The molecule has 0 saturated carbocycles. The Morgan fingerprint density at radius 3 is 0.900 bits per heavy atom. The van der Waals surface area contributed by atoms with Gasteiger partial charge in [0, 0.05) is 0 Å². The Bertz CT molecular complexity index is 61.9. The van der Waals surface area contributed by atoms with Crippen LogP contribution in [0.4, 0.5) is 0 Å². The molecule has 0 aliphatic heterocycles. The quantitative estimate of drug-likeness (QED) is 0.312. The number of halogens is 1. The zero-order valence-corrected chi connectivity index (χ0v) is 11.0. The molecule has 0 atom stereocenters. The van der Waals surface area contributed by atoms with Gasteiger partial charge in [0.1, 0.15) is 0 Å². The van der Waals surface area contributed by atoms with Gasteiger partial charge in [-0.25, -0.2) is 0 Å². The van der Waals surface area contributed by atoms with E-state index < -0.39 is 7.82 Å². The van der Waals surface area contributed by atoms with Gasteiger partial charge in [0.25, 0.3) is 0 Å². The first-order chi connectivity index (χ1) is 2.00. The fourth-order valence-corrected chi connectivity index (χ4v) is 0. The predicted octanol–water partition coefficient (Wildman–Crippen LogP) is -4.81.